The van der Waals surface area contributed by atoms with Crippen LogP contribution in [0.15, 0.2) is 12.1 Å². The van der Waals surface area contributed by atoms with Gasteiger partial charge in [-0.1, -0.05) is 0 Å². The lowest BCUT2D eigenvalue weighted by molar-refractivity contribution is 0.351. The molecular weight excluding hydrogens is 386 g/mol. The van der Waals surface area contributed by atoms with Gasteiger partial charge < -0.3 is 9.55 Å². The summed E-state index contributed by atoms with van der Waals surface area (Å²) in [4.78, 5) is 3.23. The van der Waals surface area contributed by atoms with E-state index in [1.165, 1.54) is 25.7 Å². The average molecular weight is 402 g/mol. The fourth-order valence-corrected chi connectivity index (χ4v) is 4.03. The summed E-state index contributed by atoms with van der Waals surface area (Å²) in [5.74, 6) is 2.34. The molecule has 2 nitrogen and oxygen atoms in total. The first-order chi connectivity index (χ1) is 9.63. The van der Waals surface area contributed by atoms with Gasteiger partial charge in [-0.2, -0.15) is 0 Å². The molecule has 4 rings (SSSR count). The van der Waals surface area contributed by atoms with Gasteiger partial charge in [-0.25, -0.2) is 4.39 Å². The van der Waals surface area contributed by atoms with Gasteiger partial charge in [-0.15, -0.1) is 0 Å². The Bertz CT molecular complexity index is 715. The topological polar surface area (TPSA) is 20.7 Å². The van der Waals surface area contributed by atoms with E-state index in [4.69, 9.17) is 12.2 Å². The van der Waals surface area contributed by atoms with E-state index in [9.17, 15) is 4.39 Å². The summed E-state index contributed by atoms with van der Waals surface area (Å²) in [6.07, 6.45) is 5.46. The lowest BCUT2D eigenvalue weighted by Crippen LogP contribution is -2.15. The van der Waals surface area contributed by atoms with Gasteiger partial charge in [0.1, 0.15) is 5.82 Å². The quantitative estimate of drug-likeness (QED) is 0.571. The monoisotopic (exact) mass is 402 g/mol. The number of nitrogens with zero attached hydrogens (tertiary/aromatic N) is 1. The predicted molar refractivity (Wildman–Crippen MR) is 88.7 cm³/mol. The summed E-state index contributed by atoms with van der Waals surface area (Å²) in [5.41, 5.74) is 1.87. The minimum Gasteiger partial charge on any atom is -0.331 e. The molecule has 2 aliphatic rings. The van der Waals surface area contributed by atoms with Crippen molar-refractivity contribution in [3.8, 4) is 0 Å². The number of H-pyrrole nitrogens is 1. The molecule has 1 aromatic heterocycles. The molecule has 2 aromatic rings. The highest BCUT2D eigenvalue weighted by atomic mass is 127. The van der Waals surface area contributed by atoms with Crippen molar-refractivity contribution >= 4 is 45.8 Å². The van der Waals surface area contributed by atoms with Gasteiger partial charge in [0.25, 0.3) is 0 Å². The lowest BCUT2D eigenvalue weighted by Gasteiger charge is -2.16. The molecule has 2 aliphatic carbocycles. The Morgan fingerprint density at radius 2 is 1.95 bits per heavy atom. The summed E-state index contributed by atoms with van der Waals surface area (Å²) in [6.45, 7) is 0.953. The zero-order chi connectivity index (χ0) is 13.9. The van der Waals surface area contributed by atoms with E-state index in [0.29, 0.717) is 3.57 Å². The Balaban J connectivity index is 1.76. The Morgan fingerprint density at radius 1 is 1.30 bits per heavy atom. The summed E-state index contributed by atoms with van der Waals surface area (Å²) in [6, 6.07) is 3.47. The van der Waals surface area contributed by atoms with Crippen molar-refractivity contribution in [2.75, 3.05) is 0 Å². The third kappa shape index (κ3) is 2.32. The minimum atomic E-state index is -0.157. The average Bonchev–Trinajstić information content (AvgIpc) is 3.28. The number of fused-ring (bicyclic) bond motifs is 1. The van der Waals surface area contributed by atoms with Crippen LogP contribution in [0.2, 0.25) is 0 Å². The summed E-state index contributed by atoms with van der Waals surface area (Å²) in [5, 5.41) is 0. The highest BCUT2D eigenvalue weighted by Gasteiger charge is 2.41. The molecule has 0 amide bonds. The third-order valence-electron chi connectivity index (χ3n) is 4.66. The van der Waals surface area contributed by atoms with Gasteiger partial charge in [0.2, 0.25) is 0 Å². The summed E-state index contributed by atoms with van der Waals surface area (Å²) >= 11 is 7.48. The van der Waals surface area contributed by atoms with Gasteiger partial charge in [0, 0.05) is 12.6 Å². The van der Waals surface area contributed by atoms with Crippen molar-refractivity contribution in [3.05, 3.63) is 26.3 Å². The maximum atomic E-state index is 13.8. The molecule has 0 saturated heterocycles. The van der Waals surface area contributed by atoms with Crippen LogP contribution in [0.5, 0.6) is 0 Å². The summed E-state index contributed by atoms with van der Waals surface area (Å²) < 4.78 is 17.3. The molecule has 1 N–H and O–H groups in total. The van der Waals surface area contributed by atoms with Crippen LogP contribution in [0.1, 0.15) is 25.7 Å². The largest absolute Gasteiger partial charge is 0.331 e. The number of hydrogen-bond donors (Lipinski definition) is 1. The first-order valence-corrected chi connectivity index (χ1v) is 8.70. The minimum absolute atomic E-state index is 0.157. The molecule has 0 spiro atoms. The van der Waals surface area contributed by atoms with E-state index in [-0.39, 0.29) is 5.82 Å². The fourth-order valence-electron chi connectivity index (χ4n) is 3.28. The van der Waals surface area contributed by atoms with E-state index in [0.717, 1.165) is 40.1 Å². The van der Waals surface area contributed by atoms with E-state index in [1.54, 1.807) is 6.07 Å². The van der Waals surface area contributed by atoms with Crippen molar-refractivity contribution in [2.24, 2.45) is 17.8 Å². The lowest BCUT2D eigenvalue weighted by atomic mass is 9.98. The van der Waals surface area contributed by atoms with Crippen LogP contribution >= 0.6 is 34.8 Å². The van der Waals surface area contributed by atoms with Gasteiger partial charge >= 0.3 is 0 Å². The number of hydrogen-bond acceptors (Lipinski definition) is 1. The van der Waals surface area contributed by atoms with E-state index >= 15 is 0 Å². The molecule has 0 bridgehead atoms. The van der Waals surface area contributed by atoms with Crippen LogP contribution < -0.4 is 0 Å². The number of nitrogens with one attached hydrogen (secondary N) is 1. The third-order valence-corrected chi connectivity index (χ3v) is 5.81. The van der Waals surface area contributed by atoms with Gasteiger partial charge in [0.15, 0.2) is 4.77 Å². The molecule has 1 heterocycles. The van der Waals surface area contributed by atoms with Crippen molar-refractivity contribution in [1.82, 2.24) is 9.55 Å². The maximum Gasteiger partial charge on any atom is 0.178 e. The van der Waals surface area contributed by atoms with E-state index in [2.05, 4.69) is 9.55 Å². The Kier molecular flexibility index (Phi) is 3.18. The number of aromatic amines is 1. The molecule has 0 aliphatic heterocycles. The molecule has 106 valence electrons. The van der Waals surface area contributed by atoms with Crippen molar-refractivity contribution in [1.29, 1.82) is 0 Å². The highest BCUT2D eigenvalue weighted by molar-refractivity contribution is 14.1. The van der Waals surface area contributed by atoms with E-state index in [1.807, 2.05) is 28.7 Å². The Morgan fingerprint density at radius 3 is 2.55 bits per heavy atom. The number of aromatic nitrogens is 2. The zero-order valence-electron chi connectivity index (χ0n) is 11.0. The first kappa shape index (κ1) is 13.2. The standard InChI is InChI=1S/C15H16FIN2S/c16-11-5-14-13(6-12(11)17)18-15(20)19(14)7-10(8-1-2-8)9-3-4-9/h5-6,8-10H,1-4,7H2,(H,18,20). The maximum absolute atomic E-state index is 13.8. The SMILES string of the molecule is Fc1cc2c(cc1I)[nH]c(=S)n2CC(C1CC1)C1CC1. The Labute approximate surface area is 135 Å². The van der Waals surface area contributed by atoms with Crippen LogP contribution in [0.4, 0.5) is 4.39 Å². The fraction of sp³-hybridized carbons (Fsp3) is 0.533. The second-order valence-corrected chi connectivity index (χ2v) is 7.71. The number of imidazole rings is 1. The van der Waals surface area contributed by atoms with E-state index < -0.39 is 0 Å². The van der Waals surface area contributed by atoms with Crippen LogP contribution in [0.25, 0.3) is 11.0 Å². The number of rotatable bonds is 4. The molecule has 0 unspecified atom stereocenters. The van der Waals surface area contributed by atoms with Crippen LogP contribution in [-0.4, -0.2) is 9.55 Å². The second kappa shape index (κ2) is 4.80. The van der Waals surface area contributed by atoms with Crippen molar-refractivity contribution in [2.45, 2.75) is 32.2 Å². The molecule has 2 saturated carbocycles. The van der Waals surface area contributed by atoms with Gasteiger partial charge in [0.05, 0.1) is 14.6 Å². The molecule has 20 heavy (non-hydrogen) atoms. The summed E-state index contributed by atoms with van der Waals surface area (Å²) in [7, 11) is 0. The molecule has 2 fully saturated rings. The van der Waals surface area contributed by atoms with Crippen LogP contribution in [-0.2, 0) is 6.54 Å². The number of halogens is 2. The first-order valence-electron chi connectivity index (χ1n) is 7.21. The normalized spacial score (nSPS) is 19.1. The van der Waals surface area contributed by atoms with Crippen molar-refractivity contribution < 1.29 is 4.39 Å². The molecule has 0 radical (unpaired) electrons. The zero-order valence-corrected chi connectivity index (χ0v) is 14.0. The molecule has 1 aromatic carbocycles. The second-order valence-electron chi connectivity index (χ2n) is 6.16. The van der Waals surface area contributed by atoms with Crippen LogP contribution in [0.3, 0.4) is 0 Å². The van der Waals surface area contributed by atoms with Crippen LogP contribution in [0, 0.1) is 31.9 Å². The van der Waals surface area contributed by atoms with Gasteiger partial charge in [-0.3, -0.25) is 0 Å². The molecule has 0 atom stereocenters. The van der Waals surface area contributed by atoms with Gasteiger partial charge in [-0.05, 0) is 84.3 Å². The molecule has 5 heteroatoms. The smallest absolute Gasteiger partial charge is 0.178 e. The predicted octanol–water partition coefficient (Wildman–Crippen LogP) is 4.88. The molecular formula is C15H16FIN2S. The highest BCUT2D eigenvalue weighted by Crippen LogP contribution is 2.50. The van der Waals surface area contributed by atoms with Crippen molar-refractivity contribution in [3.63, 3.8) is 0 Å². The number of benzene rings is 1. The Hall–Kier alpha value is -0.430.